The van der Waals surface area contributed by atoms with E-state index in [-0.39, 0.29) is 0 Å². The van der Waals surface area contributed by atoms with E-state index in [1.54, 1.807) is 0 Å². The summed E-state index contributed by atoms with van der Waals surface area (Å²) in [6, 6.07) is 0. The van der Waals surface area contributed by atoms with E-state index in [1.165, 1.54) is 5.69 Å². The average Bonchev–Trinajstić information content (AvgIpc) is 2.50. The van der Waals surface area contributed by atoms with Gasteiger partial charge in [0, 0.05) is 32.4 Å². The van der Waals surface area contributed by atoms with Crippen LogP contribution in [0, 0.1) is 0 Å². The largest absolute Gasteiger partial charge is 0.388 e. The van der Waals surface area contributed by atoms with Crippen LogP contribution in [0.3, 0.4) is 0 Å². The lowest BCUT2D eigenvalue weighted by atomic mass is 9.97. The number of imidazole rings is 1. The topological polar surface area (TPSA) is 41.3 Å². The number of aromatic nitrogens is 2. The fourth-order valence-electron chi connectivity index (χ4n) is 2.18. The summed E-state index contributed by atoms with van der Waals surface area (Å²) in [4.78, 5) is 6.40. The maximum absolute atomic E-state index is 9.62. The van der Waals surface area contributed by atoms with Crippen molar-refractivity contribution in [3.05, 3.63) is 18.2 Å². The number of hydrogen-bond donors (Lipinski definition) is 1. The molecule has 0 bridgehead atoms. The molecule has 1 N–H and O–H groups in total. The van der Waals surface area contributed by atoms with E-state index in [9.17, 15) is 5.11 Å². The number of β-amino-alcohol motifs (C(OH)–C–C–N with tert-alkyl or cyclic N) is 1. The third kappa shape index (κ3) is 2.38. The zero-order valence-corrected chi connectivity index (χ0v) is 9.48. The lowest BCUT2D eigenvalue weighted by Crippen LogP contribution is -2.59. The van der Waals surface area contributed by atoms with Gasteiger partial charge in [-0.2, -0.15) is 0 Å². The first-order valence-electron chi connectivity index (χ1n) is 5.54. The highest BCUT2D eigenvalue weighted by Crippen LogP contribution is 2.21. The quantitative estimate of drug-likeness (QED) is 0.799. The van der Waals surface area contributed by atoms with Crippen molar-refractivity contribution < 1.29 is 5.11 Å². The number of aliphatic hydroxyl groups is 1. The number of rotatable bonds is 4. The Bertz CT molecular complexity index is 324. The number of aryl methyl sites for hydroxylation is 1. The molecule has 0 atom stereocenters. The van der Waals surface area contributed by atoms with Crippen LogP contribution in [0.1, 0.15) is 26.0 Å². The van der Waals surface area contributed by atoms with Crippen molar-refractivity contribution in [2.75, 3.05) is 13.1 Å². The summed E-state index contributed by atoms with van der Waals surface area (Å²) >= 11 is 0. The van der Waals surface area contributed by atoms with Gasteiger partial charge in [-0.25, -0.2) is 4.98 Å². The summed E-state index contributed by atoms with van der Waals surface area (Å²) < 4.78 is 2.19. The molecule has 0 radical (unpaired) electrons. The molecule has 1 aliphatic rings. The van der Waals surface area contributed by atoms with Crippen molar-refractivity contribution >= 4 is 0 Å². The van der Waals surface area contributed by atoms with Gasteiger partial charge in [-0.05, 0) is 13.3 Å². The van der Waals surface area contributed by atoms with Crippen LogP contribution in [0.25, 0.3) is 0 Å². The highest BCUT2D eigenvalue weighted by Gasteiger charge is 2.36. The normalized spacial score (nSPS) is 20.2. The van der Waals surface area contributed by atoms with Crippen molar-refractivity contribution in [2.45, 2.75) is 39.0 Å². The maximum atomic E-state index is 9.62. The van der Waals surface area contributed by atoms with Crippen LogP contribution < -0.4 is 0 Å². The number of likely N-dealkylation sites (tertiary alicyclic amines) is 1. The van der Waals surface area contributed by atoms with Crippen LogP contribution in [0.4, 0.5) is 0 Å². The van der Waals surface area contributed by atoms with E-state index in [1.807, 2.05) is 19.4 Å². The molecular formula is C11H19N3O. The Balaban J connectivity index is 1.91. The van der Waals surface area contributed by atoms with Gasteiger partial charge >= 0.3 is 0 Å². The molecule has 0 spiro atoms. The predicted octanol–water partition coefficient (Wildman–Crippen LogP) is 0.860. The fourth-order valence-corrected chi connectivity index (χ4v) is 2.18. The second kappa shape index (κ2) is 3.94. The van der Waals surface area contributed by atoms with Gasteiger partial charge in [0.25, 0.3) is 0 Å². The van der Waals surface area contributed by atoms with Crippen LogP contribution >= 0.6 is 0 Å². The van der Waals surface area contributed by atoms with Gasteiger partial charge < -0.3 is 9.67 Å². The molecule has 1 fully saturated rings. The molecule has 2 rings (SSSR count). The van der Waals surface area contributed by atoms with Gasteiger partial charge in [-0.3, -0.25) is 4.90 Å². The molecule has 4 heteroatoms. The maximum Gasteiger partial charge on any atom is 0.0948 e. The van der Waals surface area contributed by atoms with Gasteiger partial charge in [0.15, 0.2) is 0 Å². The SMILES string of the molecule is CCCn1cncc1CN1CC(C)(O)C1. The van der Waals surface area contributed by atoms with Crippen molar-refractivity contribution in [3.63, 3.8) is 0 Å². The highest BCUT2D eigenvalue weighted by atomic mass is 16.3. The van der Waals surface area contributed by atoms with E-state index in [0.717, 1.165) is 32.6 Å². The summed E-state index contributed by atoms with van der Waals surface area (Å²) in [6.07, 6.45) is 4.93. The second-order valence-corrected chi connectivity index (χ2v) is 4.72. The minimum absolute atomic E-state index is 0.477. The highest BCUT2D eigenvalue weighted by molar-refractivity contribution is 5.02. The van der Waals surface area contributed by atoms with E-state index >= 15 is 0 Å². The fraction of sp³-hybridized carbons (Fsp3) is 0.727. The van der Waals surface area contributed by atoms with Crippen molar-refractivity contribution in [3.8, 4) is 0 Å². The number of nitrogens with zero attached hydrogens (tertiary/aromatic N) is 3. The second-order valence-electron chi connectivity index (χ2n) is 4.72. The third-order valence-corrected chi connectivity index (χ3v) is 2.78. The molecule has 0 aromatic carbocycles. The summed E-state index contributed by atoms with van der Waals surface area (Å²) in [7, 11) is 0. The standard InChI is InChI=1S/C11H19N3O/c1-3-4-14-9-12-5-10(14)6-13-7-11(2,15)8-13/h5,9,15H,3-4,6-8H2,1-2H3. The minimum atomic E-state index is -0.477. The Morgan fingerprint density at radius 1 is 1.53 bits per heavy atom. The molecule has 1 saturated heterocycles. The molecule has 0 aliphatic carbocycles. The Hall–Kier alpha value is -0.870. The summed E-state index contributed by atoms with van der Waals surface area (Å²) in [5, 5.41) is 9.62. The molecule has 0 amide bonds. The minimum Gasteiger partial charge on any atom is -0.388 e. The van der Waals surface area contributed by atoms with Gasteiger partial charge in [0.2, 0.25) is 0 Å². The lowest BCUT2D eigenvalue weighted by Gasteiger charge is -2.44. The Morgan fingerprint density at radius 2 is 2.27 bits per heavy atom. The van der Waals surface area contributed by atoms with Crippen molar-refractivity contribution in [1.82, 2.24) is 14.5 Å². The van der Waals surface area contributed by atoms with Crippen molar-refractivity contribution in [1.29, 1.82) is 0 Å². The van der Waals surface area contributed by atoms with E-state index in [2.05, 4.69) is 21.4 Å². The molecule has 2 heterocycles. The summed E-state index contributed by atoms with van der Waals surface area (Å²) in [5.41, 5.74) is 0.766. The number of hydrogen-bond acceptors (Lipinski definition) is 3. The zero-order valence-electron chi connectivity index (χ0n) is 9.48. The smallest absolute Gasteiger partial charge is 0.0948 e. The van der Waals surface area contributed by atoms with E-state index in [0.29, 0.717) is 0 Å². The van der Waals surface area contributed by atoms with Crippen LogP contribution in [0.15, 0.2) is 12.5 Å². The monoisotopic (exact) mass is 209 g/mol. The van der Waals surface area contributed by atoms with Crippen molar-refractivity contribution in [2.24, 2.45) is 0 Å². The van der Waals surface area contributed by atoms with Crippen LogP contribution in [0.2, 0.25) is 0 Å². The first-order valence-corrected chi connectivity index (χ1v) is 5.54. The van der Waals surface area contributed by atoms with Crippen LogP contribution in [-0.2, 0) is 13.1 Å². The van der Waals surface area contributed by atoms with Gasteiger partial charge in [0.05, 0.1) is 17.6 Å². The predicted molar refractivity (Wildman–Crippen MR) is 58.4 cm³/mol. The molecule has 1 aromatic rings. The van der Waals surface area contributed by atoms with Gasteiger partial charge in [-0.1, -0.05) is 6.92 Å². The Morgan fingerprint density at radius 3 is 2.87 bits per heavy atom. The summed E-state index contributed by atoms with van der Waals surface area (Å²) in [5.74, 6) is 0. The molecule has 84 valence electrons. The van der Waals surface area contributed by atoms with Gasteiger partial charge in [-0.15, -0.1) is 0 Å². The molecular weight excluding hydrogens is 190 g/mol. The first-order chi connectivity index (χ1) is 7.11. The third-order valence-electron chi connectivity index (χ3n) is 2.78. The molecule has 0 unspecified atom stereocenters. The van der Waals surface area contributed by atoms with Gasteiger partial charge in [0.1, 0.15) is 0 Å². The van der Waals surface area contributed by atoms with Crippen LogP contribution in [0.5, 0.6) is 0 Å². The Kier molecular flexibility index (Phi) is 2.80. The molecule has 4 nitrogen and oxygen atoms in total. The molecule has 1 aromatic heterocycles. The average molecular weight is 209 g/mol. The van der Waals surface area contributed by atoms with Crippen LogP contribution in [-0.4, -0.2) is 38.2 Å². The first kappa shape index (κ1) is 10.6. The van der Waals surface area contributed by atoms with E-state index in [4.69, 9.17) is 0 Å². The van der Waals surface area contributed by atoms with E-state index < -0.39 is 5.60 Å². The zero-order chi connectivity index (χ0) is 10.9. The summed E-state index contributed by atoms with van der Waals surface area (Å²) in [6.45, 7) is 7.51. The molecule has 0 saturated carbocycles. The molecule has 1 aliphatic heterocycles. The lowest BCUT2D eigenvalue weighted by molar-refractivity contribution is -0.0879. The molecule has 15 heavy (non-hydrogen) atoms. The Labute approximate surface area is 90.5 Å².